The van der Waals surface area contributed by atoms with Crippen molar-refractivity contribution in [1.82, 2.24) is 0 Å². The van der Waals surface area contributed by atoms with E-state index in [1.54, 1.807) is 24.3 Å². The predicted molar refractivity (Wildman–Crippen MR) is 80.8 cm³/mol. The van der Waals surface area contributed by atoms with Crippen molar-refractivity contribution in [2.75, 3.05) is 7.11 Å². The molecule has 0 N–H and O–H groups in total. The summed E-state index contributed by atoms with van der Waals surface area (Å²) in [5.41, 5.74) is 2.67. The summed E-state index contributed by atoms with van der Waals surface area (Å²) < 4.78 is 4.58. The molecule has 0 amide bonds. The fraction of sp³-hybridized carbons (Fsp3) is 0.125. The maximum absolute atomic E-state index is 11.3. The molecule has 0 aliphatic carbocycles. The molecule has 0 atom stereocenters. The Balaban J connectivity index is 2.30. The minimum Gasteiger partial charge on any atom is -0.466 e. The first kappa shape index (κ1) is 14.2. The highest BCUT2D eigenvalue weighted by Crippen LogP contribution is 2.30. The molecule has 0 unspecified atom stereocenters. The highest BCUT2D eigenvalue weighted by atomic mass is 32.1. The molecule has 2 rings (SSSR count). The summed E-state index contributed by atoms with van der Waals surface area (Å²) in [7, 11) is 1.35. The molecule has 0 aliphatic rings. The lowest BCUT2D eigenvalue weighted by Gasteiger charge is -2.02. The highest BCUT2D eigenvalue weighted by molar-refractivity contribution is 7.13. The molecule has 0 aliphatic heterocycles. The molecule has 1 heterocycles. The van der Waals surface area contributed by atoms with E-state index in [2.05, 4.69) is 4.74 Å². The van der Waals surface area contributed by atoms with Crippen LogP contribution in [0.5, 0.6) is 0 Å². The van der Waals surface area contributed by atoms with Gasteiger partial charge in [0.2, 0.25) is 0 Å². The van der Waals surface area contributed by atoms with Gasteiger partial charge in [-0.3, -0.25) is 4.79 Å². The third-order valence-corrected chi connectivity index (χ3v) is 3.83. The molecule has 3 nitrogen and oxygen atoms in total. The van der Waals surface area contributed by atoms with Gasteiger partial charge in [-0.15, -0.1) is 11.3 Å². The van der Waals surface area contributed by atoms with Crippen LogP contribution < -0.4 is 0 Å². The van der Waals surface area contributed by atoms with Crippen LogP contribution in [0.4, 0.5) is 0 Å². The molecule has 0 fully saturated rings. The van der Waals surface area contributed by atoms with E-state index < -0.39 is 0 Å². The molecule has 0 spiro atoms. The standard InChI is InChI=1S/C16H14O3S/c1-11(17)12-3-5-13(6-4-12)16-14(9-10-20-16)7-8-15(18)19-2/h3-10H,1-2H3/b8-7+. The molecule has 0 radical (unpaired) electrons. The SMILES string of the molecule is COC(=O)/C=C/c1ccsc1-c1ccc(C(C)=O)cc1. The Kier molecular flexibility index (Phi) is 4.48. The van der Waals surface area contributed by atoms with Crippen molar-refractivity contribution >= 4 is 29.2 Å². The van der Waals surface area contributed by atoms with E-state index in [9.17, 15) is 9.59 Å². The zero-order valence-corrected chi connectivity index (χ0v) is 12.1. The zero-order chi connectivity index (χ0) is 14.5. The van der Waals surface area contributed by atoms with Gasteiger partial charge in [0.25, 0.3) is 0 Å². The second-order valence-corrected chi connectivity index (χ2v) is 5.11. The van der Waals surface area contributed by atoms with Crippen LogP contribution in [0, 0.1) is 0 Å². The van der Waals surface area contributed by atoms with Crippen molar-refractivity contribution in [2.45, 2.75) is 6.92 Å². The molecular formula is C16H14O3S. The number of rotatable bonds is 4. The second kappa shape index (κ2) is 6.30. The Morgan fingerprint density at radius 3 is 2.45 bits per heavy atom. The number of methoxy groups -OCH3 is 1. The van der Waals surface area contributed by atoms with Gasteiger partial charge in [0.1, 0.15) is 0 Å². The van der Waals surface area contributed by atoms with Crippen LogP contribution in [0.1, 0.15) is 22.8 Å². The van der Waals surface area contributed by atoms with Gasteiger partial charge in [-0.25, -0.2) is 4.79 Å². The number of carbonyl (C=O) groups is 2. The lowest BCUT2D eigenvalue weighted by Crippen LogP contribution is -1.93. The van der Waals surface area contributed by atoms with Crippen LogP contribution in [0.15, 0.2) is 41.8 Å². The lowest BCUT2D eigenvalue weighted by atomic mass is 10.1. The van der Waals surface area contributed by atoms with E-state index in [4.69, 9.17) is 0 Å². The average Bonchev–Trinajstić information content (AvgIpc) is 2.93. The van der Waals surface area contributed by atoms with Crippen LogP contribution in [-0.2, 0) is 9.53 Å². The van der Waals surface area contributed by atoms with Crippen molar-refractivity contribution in [2.24, 2.45) is 0 Å². The molecule has 102 valence electrons. The normalized spacial score (nSPS) is 10.7. The van der Waals surface area contributed by atoms with Crippen LogP contribution in [0.3, 0.4) is 0 Å². The highest BCUT2D eigenvalue weighted by Gasteiger charge is 2.06. The summed E-state index contributed by atoms with van der Waals surface area (Å²) in [6, 6.07) is 9.39. The van der Waals surface area contributed by atoms with Crippen molar-refractivity contribution in [3.63, 3.8) is 0 Å². The number of thiophene rings is 1. The molecule has 1 aromatic heterocycles. The molecule has 2 aromatic rings. The number of carbonyl (C=O) groups excluding carboxylic acids is 2. The Hall–Kier alpha value is -2.20. The number of Topliss-reactive ketones (excluding diaryl/α,β-unsaturated/α-hetero) is 1. The van der Waals surface area contributed by atoms with E-state index in [-0.39, 0.29) is 11.8 Å². The number of ketones is 1. The molecular weight excluding hydrogens is 272 g/mol. The maximum atomic E-state index is 11.3. The van der Waals surface area contributed by atoms with Gasteiger partial charge in [-0.05, 0) is 35.6 Å². The van der Waals surface area contributed by atoms with Gasteiger partial charge < -0.3 is 4.74 Å². The number of benzene rings is 1. The van der Waals surface area contributed by atoms with Crippen LogP contribution in [0.25, 0.3) is 16.5 Å². The number of hydrogen-bond donors (Lipinski definition) is 0. The van der Waals surface area contributed by atoms with Gasteiger partial charge in [0.05, 0.1) is 7.11 Å². The summed E-state index contributed by atoms with van der Waals surface area (Å²) in [4.78, 5) is 23.4. The molecule has 1 aromatic carbocycles. The van der Waals surface area contributed by atoms with Gasteiger partial charge in [-0.2, -0.15) is 0 Å². The first-order valence-corrected chi connectivity index (χ1v) is 6.94. The van der Waals surface area contributed by atoms with E-state index in [0.29, 0.717) is 5.56 Å². The Morgan fingerprint density at radius 1 is 1.15 bits per heavy atom. The number of ether oxygens (including phenoxy) is 1. The Bertz CT molecular complexity index is 651. The fourth-order valence-electron chi connectivity index (χ4n) is 1.77. The summed E-state index contributed by atoms with van der Waals surface area (Å²) in [6.45, 7) is 1.55. The second-order valence-electron chi connectivity index (χ2n) is 4.20. The number of hydrogen-bond acceptors (Lipinski definition) is 4. The van der Waals surface area contributed by atoms with E-state index in [1.165, 1.54) is 13.2 Å². The van der Waals surface area contributed by atoms with Crippen molar-refractivity contribution in [3.8, 4) is 10.4 Å². The minimum absolute atomic E-state index is 0.0496. The van der Waals surface area contributed by atoms with E-state index in [0.717, 1.165) is 16.0 Å². The van der Waals surface area contributed by atoms with E-state index in [1.807, 2.05) is 35.7 Å². The summed E-state index contributed by atoms with van der Waals surface area (Å²) in [6.07, 6.45) is 3.13. The smallest absolute Gasteiger partial charge is 0.330 e. The molecule has 4 heteroatoms. The third kappa shape index (κ3) is 3.22. The maximum Gasteiger partial charge on any atom is 0.330 e. The quantitative estimate of drug-likeness (QED) is 0.488. The van der Waals surface area contributed by atoms with Gasteiger partial charge in [0.15, 0.2) is 5.78 Å². The third-order valence-electron chi connectivity index (χ3n) is 2.85. The Morgan fingerprint density at radius 2 is 1.85 bits per heavy atom. The lowest BCUT2D eigenvalue weighted by molar-refractivity contribution is -0.134. The topological polar surface area (TPSA) is 43.4 Å². The zero-order valence-electron chi connectivity index (χ0n) is 11.3. The molecule has 20 heavy (non-hydrogen) atoms. The van der Waals surface area contributed by atoms with Crippen molar-refractivity contribution < 1.29 is 14.3 Å². The monoisotopic (exact) mass is 286 g/mol. The summed E-state index contributed by atoms with van der Waals surface area (Å²) >= 11 is 1.59. The first-order chi connectivity index (χ1) is 9.61. The van der Waals surface area contributed by atoms with Gasteiger partial charge in [0, 0.05) is 16.5 Å². The number of esters is 1. The van der Waals surface area contributed by atoms with E-state index >= 15 is 0 Å². The minimum atomic E-state index is -0.380. The fourth-order valence-corrected chi connectivity index (χ4v) is 2.66. The first-order valence-electron chi connectivity index (χ1n) is 6.06. The summed E-state index contributed by atoms with van der Waals surface area (Å²) in [5.74, 6) is -0.331. The van der Waals surface area contributed by atoms with Crippen molar-refractivity contribution in [3.05, 3.63) is 52.9 Å². The van der Waals surface area contributed by atoms with Crippen LogP contribution >= 0.6 is 11.3 Å². The van der Waals surface area contributed by atoms with Crippen LogP contribution in [0.2, 0.25) is 0 Å². The largest absolute Gasteiger partial charge is 0.466 e. The average molecular weight is 286 g/mol. The van der Waals surface area contributed by atoms with Gasteiger partial charge in [-0.1, -0.05) is 24.3 Å². The van der Waals surface area contributed by atoms with Gasteiger partial charge >= 0.3 is 5.97 Å². The molecule has 0 saturated heterocycles. The Labute approximate surface area is 121 Å². The molecule has 0 bridgehead atoms. The van der Waals surface area contributed by atoms with Crippen molar-refractivity contribution in [1.29, 1.82) is 0 Å². The van der Waals surface area contributed by atoms with Crippen LogP contribution in [-0.4, -0.2) is 18.9 Å². The predicted octanol–water partition coefficient (Wildman–Crippen LogP) is 3.80. The summed E-state index contributed by atoms with van der Waals surface area (Å²) in [5, 5.41) is 1.96. The molecule has 0 saturated carbocycles.